The molecule has 0 fully saturated rings. The average Bonchev–Trinajstić information content (AvgIpc) is 3.45. The van der Waals surface area contributed by atoms with E-state index in [0.717, 1.165) is 0 Å². The van der Waals surface area contributed by atoms with Crippen LogP contribution in [-0.2, 0) is 14.3 Å². The third-order valence-electron chi connectivity index (χ3n) is 5.42. The van der Waals surface area contributed by atoms with Crippen LogP contribution in [-0.4, -0.2) is 36.3 Å². The molecule has 9 heteroatoms. The number of esters is 1. The third-order valence-corrected chi connectivity index (χ3v) is 5.42. The van der Waals surface area contributed by atoms with Crippen molar-refractivity contribution in [2.75, 3.05) is 7.11 Å². The van der Waals surface area contributed by atoms with Crippen LogP contribution < -0.4 is 10.9 Å². The summed E-state index contributed by atoms with van der Waals surface area (Å²) in [5.74, 6) is -2.25. The molecule has 0 saturated carbocycles. The van der Waals surface area contributed by atoms with Crippen molar-refractivity contribution in [3.05, 3.63) is 47.7 Å². The lowest BCUT2D eigenvalue weighted by Crippen LogP contribution is -2.38. The van der Waals surface area contributed by atoms with E-state index in [1.165, 1.54) is 7.11 Å². The Kier molecular flexibility index (Phi) is 4.94. The van der Waals surface area contributed by atoms with Crippen LogP contribution in [0.25, 0.3) is 11.3 Å². The van der Waals surface area contributed by atoms with Gasteiger partial charge in [0.15, 0.2) is 0 Å². The van der Waals surface area contributed by atoms with Gasteiger partial charge in [-0.2, -0.15) is 10.2 Å². The molecular weight excluding hydrogens is 388 g/mol. The first-order valence-corrected chi connectivity index (χ1v) is 9.38. The summed E-state index contributed by atoms with van der Waals surface area (Å²) in [6.07, 6.45) is 0. The van der Waals surface area contributed by atoms with Crippen LogP contribution in [0, 0.1) is 11.8 Å². The van der Waals surface area contributed by atoms with Crippen molar-refractivity contribution in [3.8, 4) is 11.3 Å². The lowest BCUT2D eigenvalue weighted by Gasteiger charge is -2.24. The Morgan fingerprint density at radius 3 is 2.13 bits per heavy atom. The van der Waals surface area contributed by atoms with Gasteiger partial charge < -0.3 is 9.15 Å². The van der Waals surface area contributed by atoms with Gasteiger partial charge >= 0.3 is 5.97 Å². The molecule has 30 heavy (non-hydrogen) atoms. The Bertz CT molecular complexity index is 1060. The van der Waals surface area contributed by atoms with Crippen LogP contribution in [0.3, 0.4) is 0 Å². The Morgan fingerprint density at radius 2 is 1.60 bits per heavy atom. The number of furan rings is 1. The number of nitrogens with zero attached hydrogens (tertiary/aromatic N) is 2. The summed E-state index contributed by atoms with van der Waals surface area (Å²) in [6.45, 7) is 3.45. The zero-order valence-corrected chi connectivity index (χ0v) is 16.6. The number of rotatable bonds is 5. The lowest BCUT2D eigenvalue weighted by molar-refractivity contribution is -0.125. The predicted molar refractivity (Wildman–Crippen MR) is 108 cm³/mol. The zero-order valence-electron chi connectivity index (χ0n) is 16.6. The van der Waals surface area contributed by atoms with E-state index in [0.29, 0.717) is 34.1 Å². The van der Waals surface area contributed by atoms with E-state index >= 15 is 0 Å². The van der Waals surface area contributed by atoms with E-state index in [4.69, 9.17) is 9.15 Å². The van der Waals surface area contributed by atoms with E-state index in [1.807, 2.05) is 0 Å². The summed E-state index contributed by atoms with van der Waals surface area (Å²) >= 11 is 0. The van der Waals surface area contributed by atoms with Crippen LogP contribution in [0.15, 0.2) is 51.0 Å². The minimum absolute atomic E-state index is 0.307. The molecule has 4 rings (SSSR count). The molecule has 2 aliphatic heterocycles. The van der Waals surface area contributed by atoms with Crippen molar-refractivity contribution in [1.82, 2.24) is 10.9 Å². The molecule has 2 amide bonds. The Morgan fingerprint density at radius 1 is 1.00 bits per heavy atom. The van der Waals surface area contributed by atoms with E-state index in [-0.39, 0.29) is 11.8 Å². The number of hydrogen-bond acceptors (Lipinski definition) is 7. The SMILES string of the molecule is COC(=O)c1ccccc1-c1ccc(C(C2C(=O)NN=C2C)C2C(=O)NN=C2C)o1. The number of carbonyl (C=O) groups excluding carboxylic acids is 3. The van der Waals surface area contributed by atoms with Gasteiger partial charge in [-0.3, -0.25) is 9.59 Å². The summed E-state index contributed by atoms with van der Waals surface area (Å²) in [5, 5.41) is 8.04. The number of hydrogen-bond donors (Lipinski definition) is 2. The fraction of sp³-hybridized carbons (Fsp3) is 0.286. The van der Waals surface area contributed by atoms with Crippen molar-refractivity contribution in [2.45, 2.75) is 19.8 Å². The zero-order chi connectivity index (χ0) is 21.4. The molecule has 0 saturated heterocycles. The highest BCUT2D eigenvalue weighted by Gasteiger charge is 2.47. The van der Waals surface area contributed by atoms with Gasteiger partial charge in [-0.05, 0) is 32.0 Å². The Labute approximate surface area is 172 Å². The molecule has 2 N–H and O–H groups in total. The number of hydrazone groups is 2. The molecule has 2 aliphatic rings. The molecule has 3 heterocycles. The molecule has 0 spiro atoms. The smallest absolute Gasteiger partial charge is 0.338 e. The summed E-state index contributed by atoms with van der Waals surface area (Å²) in [7, 11) is 1.31. The highest BCUT2D eigenvalue weighted by Crippen LogP contribution is 2.40. The highest BCUT2D eigenvalue weighted by atomic mass is 16.5. The van der Waals surface area contributed by atoms with E-state index in [9.17, 15) is 14.4 Å². The largest absolute Gasteiger partial charge is 0.465 e. The molecule has 154 valence electrons. The maximum atomic E-state index is 12.5. The van der Waals surface area contributed by atoms with Gasteiger partial charge in [0.2, 0.25) is 11.8 Å². The van der Waals surface area contributed by atoms with Gasteiger partial charge in [-0.1, -0.05) is 18.2 Å². The molecule has 0 radical (unpaired) electrons. The highest BCUT2D eigenvalue weighted by molar-refractivity contribution is 6.12. The minimum Gasteiger partial charge on any atom is -0.465 e. The topological polar surface area (TPSA) is 122 Å². The number of benzene rings is 1. The van der Waals surface area contributed by atoms with Crippen LogP contribution in [0.4, 0.5) is 0 Å². The Hall–Kier alpha value is -3.75. The first kappa shape index (κ1) is 19.6. The molecule has 2 unspecified atom stereocenters. The first-order chi connectivity index (χ1) is 14.4. The quantitative estimate of drug-likeness (QED) is 0.733. The number of ether oxygens (including phenoxy) is 1. The van der Waals surface area contributed by atoms with Crippen LogP contribution >= 0.6 is 0 Å². The summed E-state index contributed by atoms with van der Waals surface area (Å²) < 4.78 is 11.0. The van der Waals surface area contributed by atoms with E-state index in [1.54, 1.807) is 50.2 Å². The van der Waals surface area contributed by atoms with Gasteiger partial charge in [0, 0.05) is 17.0 Å². The van der Waals surface area contributed by atoms with E-state index < -0.39 is 23.7 Å². The van der Waals surface area contributed by atoms with Gasteiger partial charge in [-0.15, -0.1) is 0 Å². The van der Waals surface area contributed by atoms with Crippen molar-refractivity contribution in [2.24, 2.45) is 22.0 Å². The molecule has 2 aromatic rings. The predicted octanol–water partition coefficient (Wildman–Crippen LogP) is 2.06. The fourth-order valence-corrected chi connectivity index (χ4v) is 3.97. The van der Waals surface area contributed by atoms with E-state index in [2.05, 4.69) is 21.1 Å². The second-order valence-electron chi connectivity index (χ2n) is 7.18. The van der Waals surface area contributed by atoms with Gasteiger partial charge in [0.25, 0.3) is 0 Å². The summed E-state index contributed by atoms with van der Waals surface area (Å²) in [6, 6.07) is 10.3. The van der Waals surface area contributed by atoms with Crippen molar-refractivity contribution < 1.29 is 23.5 Å². The second kappa shape index (κ2) is 7.58. The number of carbonyl (C=O) groups is 3. The minimum atomic E-state index is -0.682. The molecule has 0 aliphatic carbocycles. The van der Waals surface area contributed by atoms with Crippen LogP contribution in [0.2, 0.25) is 0 Å². The van der Waals surface area contributed by atoms with Gasteiger partial charge in [-0.25, -0.2) is 15.6 Å². The monoisotopic (exact) mass is 408 g/mol. The van der Waals surface area contributed by atoms with Gasteiger partial charge in [0.05, 0.1) is 30.4 Å². The lowest BCUT2D eigenvalue weighted by atomic mass is 9.75. The average molecular weight is 408 g/mol. The van der Waals surface area contributed by atoms with Crippen molar-refractivity contribution in [3.63, 3.8) is 0 Å². The number of nitrogens with one attached hydrogen (secondary N) is 2. The van der Waals surface area contributed by atoms with Crippen LogP contribution in [0.5, 0.6) is 0 Å². The molecule has 1 aromatic heterocycles. The molecule has 9 nitrogen and oxygen atoms in total. The van der Waals surface area contributed by atoms with Crippen molar-refractivity contribution >= 4 is 29.2 Å². The molecular formula is C21H20N4O5. The van der Waals surface area contributed by atoms with Crippen molar-refractivity contribution in [1.29, 1.82) is 0 Å². The maximum absolute atomic E-state index is 12.5. The van der Waals surface area contributed by atoms with Gasteiger partial charge in [0.1, 0.15) is 11.5 Å². The molecule has 1 aromatic carbocycles. The second-order valence-corrected chi connectivity index (χ2v) is 7.18. The summed E-state index contributed by atoms with van der Waals surface area (Å²) in [4.78, 5) is 37.2. The standard InChI is InChI=1S/C21H20N4O5/c1-10-16(19(26)24-22-10)18(17-11(2)23-25-20(17)27)15-9-8-14(30-15)12-6-4-5-7-13(12)21(28)29-3/h4-9,16-18H,1-3H3,(H,24,26)(H,25,27). The summed E-state index contributed by atoms with van der Waals surface area (Å²) in [5.41, 5.74) is 6.96. The number of methoxy groups -OCH3 is 1. The number of amides is 2. The van der Waals surface area contributed by atoms with Crippen LogP contribution in [0.1, 0.15) is 35.9 Å². The normalized spacial score (nSPS) is 21.6. The fourth-order valence-electron chi connectivity index (χ4n) is 3.97. The maximum Gasteiger partial charge on any atom is 0.338 e. The molecule has 2 atom stereocenters. The third kappa shape index (κ3) is 3.18. The molecule has 0 bridgehead atoms. The Balaban J connectivity index is 1.80. The first-order valence-electron chi connectivity index (χ1n) is 9.38.